The van der Waals surface area contributed by atoms with Gasteiger partial charge in [-0.15, -0.1) is 0 Å². The third-order valence-electron chi connectivity index (χ3n) is 7.52. The van der Waals surface area contributed by atoms with E-state index in [0.29, 0.717) is 53.1 Å². The van der Waals surface area contributed by atoms with Gasteiger partial charge in [0.1, 0.15) is 18.1 Å². The van der Waals surface area contributed by atoms with Crippen LogP contribution in [0.4, 0.5) is 4.79 Å². The van der Waals surface area contributed by atoms with Crippen LogP contribution in [0.3, 0.4) is 0 Å². The first-order valence-corrected chi connectivity index (χ1v) is 12.6. The van der Waals surface area contributed by atoms with Gasteiger partial charge in [-0.25, -0.2) is 9.78 Å². The number of rotatable bonds is 9. The molecule has 188 valence electrons. The maximum Gasteiger partial charge on any atom is 0.410 e. The molecule has 9 nitrogen and oxygen atoms in total. The number of carbonyl (C=O) groups is 2. The molecule has 2 heterocycles. The van der Waals surface area contributed by atoms with Gasteiger partial charge >= 0.3 is 12.1 Å². The van der Waals surface area contributed by atoms with Gasteiger partial charge in [0.05, 0.1) is 29.5 Å². The van der Waals surface area contributed by atoms with Gasteiger partial charge in [0.25, 0.3) is 0 Å². The smallest absolute Gasteiger partial charge is 0.410 e. The summed E-state index contributed by atoms with van der Waals surface area (Å²) in [5, 5.41) is 13.3. The van der Waals surface area contributed by atoms with Crippen molar-refractivity contribution < 1.29 is 28.7 Å². The van der Waals surface area contributed by atoms with E-state index in [1.165, 1.54) is 25.7 Å². The molecule has 2 atom stereocenters. The quantitative estimate of drug-likeness (QED) is 0.540. The lowest BCUT2D eigenvalue weighted by atomic mass is 9.87. The SMILES string of the molecule is Cc1noc(-c2ccc(O[C@H]3CCC[C@H](C(=O)O)C3)cn2)c1COC(=O)N(C)C(C1CC1)C1CC1. The number of hydrogen-bond donors (Lipinski definition) is 1. The number of aryl methyl sites for hydroxylation is 1. The van der Waals surface area contributed by atoms with Gasteiger partial charge < -0.3 is 24.0 Å². The Hall–Kier alpha value is -3.10. The van der Waals surface area contributed by atoms with Crippen LogP contribution in [-0.2, 0) is 16.1 Å². The molecule has 0 bridgehead atoms. The molecule has 2 aromatic rings. The van der Waals surface area contributed by atoms with E-state index in [9.17, 15) is 14.7 Å². The molecule has 5 rings (SSSR count). The molecule has 35 heavy (non-hydrogen) atoms. The topological polar surface area (TPSA) is 115 Å². The maximum absolute atomic E-state index is 12.8. The summed E-state index contributed by atoms with van der Waals surface area (Å²) < 4.78 is 17.2. The lowest BCUT2D eigenvalue weighted by Crippen LogP contribution is -2.40. The van der Waals surface area contributed by atoms with Crippen LogP contribution in [0.5, 0.6) is 5.75 Å². The zero-order valence-corrected chi connectivity index (χ0v) is 20.3. The second-order valence-corrected chi connectivity index (χ2v) is 10.2. The lowest BCUT2D eigenvalue weighted by Gasteiger charge is -2.27. The zero-order chi connectivity index (χ0) is 24.5. The number of aromatic nitrogens is 2. The van der Waals surface area contributed by atoms with Gasteiger partial charge in [-0.05, 0) is 82.3 Å². The number of nitrogens with zero attached hydrogens (tertiary/aromatic N) is 3. The Morgan fingerprint density at radius 3 is 2.54 bits per heavy atom. The summed E-state index contributed by atoms with van der Waals surface area (Å²) in [4.78, 5) is 30.3. The third kappa shape index (κ3) is 5.44. The zero-order valence-electron chi connectivity index (χ0n) is 20.3. The highest BCUT2D eigenvalue weighted by Crippen LogP contribution is 2.47. The van der Waals surface area contributed by atoms with Crippen LogP contribution in [0.1, 0.15) is 62.6 Å². The summed E-state index contributed by atoms with van der Waals surface area (Å²) in [6.07, 6.45) is 8.81. The maximum atomic E-state index is 12.8. The molecule has 2 aromatic heterocycles. The second-order valence-electron chi connectivity index (χ2n) is 10.2. The number of amides is 1. The van der Waals surface area contributed by atoms with Crippen molar-refractivity contribution in [2.75, 3.05) is 7.05 Å². The summed E-state index contributed by atoms with van der Waals surface area (Å²) in [6, 6.07) is 3.86. The van der Waals surface area contributed by atoms with Crippen molar-refractivity contribution >= 4 is 12.1 Å². The molecule has 3 fully saturated rings. The summed E-state index contributed by atoms with van der Waals surface area (Å²) in [5.41, 5.74) is 1.91. The number of ether oxygens (including phenoxy) is 2. The van der Waals surface area contributed by atoms with Gasteiger partial charge in [-0.1, -0.05) is 5.16 Å². The van der Waals surface area contributed by atoms with Crippen LogP contribution in [0.2, 0.25) is 0 Å². The van der Waals surface area contributed by atoms with Crippen LogP contribution in [-0.4, -0.2) is 51.4 Å². The fourth-order valence-corrected chi connectivity index (χ4v) is 5.26. The molecule has 0 unspecified atom stereocenters. The molecule has 3 aliphatic rings. The average Bonchev–Trinajstić information content (AvgIpc) is 3.79. The van der Waals surface area contributed by atoms with Gasteiger partial charge in [0.2, 0.25) is 0 Å². The molecule has 0 radical (unpaired) electrons. The van der Waals surface area contributed by atoms with E-state index in [2.05, 4.69) is 10.1 Å². The number of carboxylic acid groups (broad SMARTS) is 1. The number of pyridine rings is 1. The van der Waals surface area contributed by atoms with E-state index >= 15 is 0 Å². The van der Waals surface area contributed by atoms with Crippen molar-refractivity contribution in [1.82, 2.24) is 15.0 Å². The summed E-state index contributed by atoms with van der Waals surface area (Å²) >= 11 is 0. The van der Waals surface area contributed by atoms with Crippen molar-refractivity contribution in [3.05, 3.63) is 29.6 Å². The standard InChI is InChI=1S/C26H33N3O6/c1-15-21(14-33-26(32)29(2)23(16-6-7-16)17-8-9-17)24(35-28-15)22-11-10-20(13-27-22)34-19-5-3-4-18(12-19)25(30)31/h10-11,13,16-19,23H,3-9,12,14H2,1-2H3,(H,30,31)/t18-,19-/m0/s1. The third-order valence-corrected chi connectivity index (χ3v) is 7.52. The van der Waals surface area contributed by atoms with Crippen molar-refractivity contribution in [2.24, 2.45) is 17.8 Å². The fraction of sp³-hybridized carbons (Fsp3) is 0.615. The first-order valence-electron chi connectivity index (χ1n) is 12.6. The Morgan fingerprint density at radius 2 is 1.91 bits per heavy atom. The minimum atomic E-state index is -0.762. The summed E-state index contributed by atoms with van der Waals surface area (Å²) in [6.45, 7) is 1.88. The molecule has 3 saturated carbocycles. The van der Waals surface area contributed by atoms with E-state index in [1.807, 2.05) is 14.0 Å². The van der Waals surface area contributed by atoms with Crippen molar-refractivity contribution in [3.63, 3.8) is 0 Å². The Bertz CT molecular complexity index is 1050. The molecular formula is C26H33N3O6. The lowest BCUT2D eigenvalue weighted by molar-refractivity contribution is -0.143. The molecular weight excluding hydrogens is 450 g/mol. The summed E-state index contributed by atoms with van der Waals surface area (Å²) in [7, 11) is 1.84. The van der Waals surface area contributed by atoms with Crippen molar-refractivity contribution in [2.45, 2.75) is 77.0 Å². The summed E-state index contributed by atoms with van der Waals surface area (Å²) in [5.74, 6) is 1.16. The highest BCUT2D eigenvalue weighted by molar-refractivity contribution is 5.70. The van der Waals surface area contributed by atoms with E-state index in [0.717, 1.165) is 12.8 Å². The Kier molecular flexibility index (Phi) is 6.67. The minimum absolute atomic E-state index is 0.0640. The highest BCUT2D eigenvalue weighted by Gasteiger charge is 2.45. The van der Waals surface area contributed by atoms with Gasteiger partial charge in [-0.3, -0.25) is 4.79 Å². The van der Waals surface area contributed by atoms with E-state index in [-0.39, 0.29) is 30.8 Å². The van der Waals surface area contributed by atoms with E-state index < -0.39 is 5.97 Å². The first-order chi connectivity index (χ1) is 16.9. The van der Waals surface area contributed by atoms with Crippen molar-refractivity contribution in [1.29, 1.82) is 0 Å². The van der Waals surface area contributed by atoms with Gasteiger partial charge in [0.15, 0.2) is 5.76 Å². The van der Waals surface area contributed by atoms with Crippen LogP contribution >= 0.6 is 0 Å². The van der Waals surface area contributed by atoms with Crippen molar-refractivity contribution in [3.8, 4) is 17.2 Å². The molecule has 1 N–H and O–H groups in total. The van der Waals surface area contributed by atoms with E-state index in [1.54, 1.807) is 23.2 Å². The Balaban J connectivity index is 1.21. The number of carboxylic acids is 1. The number of carbonyl (C=O) groups excluding carboxylic acids is 1. The first kappa shape index (κ1) is 23.6. The van der Waals surface area contributed by atoms with Crippen LogP contribution < -0.4 is 4.74 Å². The molecule has 0 saturated heterocycles. The number of aliphatic carboxylic acids is 1. The molecule has 9 heteroatoms. The average molecular weight is 484 g/mol. The van der Waals surface area contributed by atoms with Crippen LogP contribution in [0.25, 0.3) is 11.5 Å². The minimum Gasteiger partial charge on any atom is -0.489 e. The van der Waals surface area contributed by atoms with Crippen LogP contribution in [0, 0.1) is 24.7 Å². The van der Waals surface area contributed by atoms with E-state index in [4.69, 9.17) is 14.0 Å². The monoisotopic (exact) mass is 483 g/mol. The largest absolute Gasteiger partial charge is 0.489 e. The number of hydrogen-bond acceptors (Lipinski definition) is 7. The molecule has 0 aliphatic heterocycles. The molecule has 1 amide bonds. The highest BCUT2D eigenvalue weighted by atomic mass is 16.6. The predicted octanol–water partition coefficient (Wildman–Crippen LogP) is 4.82. The normalized spacial score (nSPS) is 22.1. The fourth-order valence-electron chi connectivity index (χ4n) is 5.26. The Morgan fingerprint density at radius 1 is 1.17 bits per heavy atom. The molecule has 0 spiro atoms. The molecule has 0 aromatic carbocycles. The van der Waals surface area contributed by atoms with Gasteiger partial charge in [0, 0.05) is 13.1 Å². The Labute approximate surface area is 204 Å². The predicted molar refractivity (Wildman–Crippen MR) is 126 cm³/mol. The molecule has 3 aliphatic carbocycles. The van der Waals surface area contributed by atoms with Crippen LogP contribution in [0.15, 0.2) is 22.9 Å². The second kappa shape index (κ2) is 9.87. The van der Waals surface area contributed by atoms with Gasteiger partial charge in [-0.2, -0.15) is 0 Å².